The second-order valence-electron chi connectivity index (χ2n) is 12.3. The molecule has 0 unspecified atom stereocenters. The quantitative estimate of drug-likeness (QED) is 0.201. The summed E-state index contributed by atoms with van der Waals surface area (Å²) in [6, 6.07) is 17.0. The zero-order valence-electron chi connectivity index (χ0n) is 28.3. The van der Waals surface area contributed by atoms with Crippen LogP contribution in [0.4, 0.5) is 17.1 Å². The van der Waals surface area contributed by atoms with Crippen molar-refractivity contribution in [1.82, 2.24) is 10.3 Å². The molecule has 0 atom stereocenters. The molecular formula is C38H39Cl2N5O5. The molecule has 2 aliphatic rings. The number of para-hydroxylation sites is 1. The van der Waals surface area contributed by atoms with Crippen molar-refractivity contribution in [2.75, 3.05) is 61.1 Å². The fraction of sp³-hybridized carbons (Fsp3) is 0.316. The summed E-state index contributed by atoms with van der Waals surface area (Å²) < 4.78 is 11.8. The number of pyridine rings is 1. The van der Waals surface area contributed by atoms with Crippen LogP contribution in [0.5, 0.6) is 5.75 Å². The minimum absolute atomic E-state index is 0.0135. The number of hydrogen-bond donors (Lipinski definition) is 1. The molecule has 3 aromatic carbocycles. The molecule has 10 nitrogen and oxygen atoms in total. The van der Waals surface area contributed by atoms with Crippen molar-refractivity contribution in [2.45, 2.75) is 33.3 Å². The fourth-order valence-electron chi connectivity index (χ4n) is 6.33. The van der Waals surface area contributed by atoms with Crippen molar-refractivity contribution < 1.29 is 23.9 Å². The Morgan fingerprint density at radius 3 is 2.62 bits per heavy atom. The van der Waals surface area contributed by atoms with Gasteiger partial charge in [0.05, 0.1) is 30.5 Å². The molecule has 1 saturated heterocycles. The van der Waals surface area contributed by atoms with Crippen LogP contribution >= 0.6 is 23.2 Å². The number of rotatable bonds is 9. The predicted molar refractivity (Wildman–Crippen MR) is 199 cm³/mol. The van der Waals surface area contributed by atoms with Gasteiger partial charge in [-0.25, -0.2) is 4.98 Å². The lowest BCUT2D eigenvalue weighted by Gasteiger charge is -2.30. The Balaban J connectivity index is 1.10. The van der Waals surface area contributed by atoms with Crippen molar-refractivity contribution in [3.63, 3.8) is 0 Å². The topological polar surface area (TPSA) is 104 Å². The van der Waals surface area contributed by atoms with Gasteiger partial charge in [-0.2, -0.15) is 0 Å². The molecule has 0 spiro atoms. The normalized spacial score (nSPS) is 14.5. The first-order chi connectivity index (χ1) is 24.1. The van der Waals surface area contributed by atoms with E-state index < -0.39 is 5.91 Å². The Labute approximate surface area is 301 Å². The minimum Gasteiger partial charge on any atom is -0.487 e. The molecule has 0 radical (unpaired) electrons. The highest BCUT2D eigenvalue weighted by molar-refractivity contribution is 6.38. The summed E-state index contributed by atoms with van der Waals surface area (Å²) in [5.41, 5.74) is 6.46. The van der Waals surface area contributed by atoms with Crippen LogP contribution in [-0.2, 0) is 32.1 Å². The van der Waals surface area contributed by atoms with Crippen LogP contribution in [0.15, 0.2) is 60.7 Å². The van der Waals surface area contributed by atoms with E-state index in [1.54, 1.807) is 37.1 Å². The number of benzene rings is 3. The first kappa shape index (κ1) is 35.2. The number of halogens is 2. The van der Waals surface area contributed by atoms with Gasteiger partial charge in [0.1, 0.15) is 17.9 Å². The van der Waals surface area contributed by atoms with Crippen LogP contribution in [0.3, 0.4) is 0 Å². The van der Waals surface area contributed by atoms with Gasteiger partial charge in [0.2, 0.25) is 17.7 Å². The molecule has 3 heterocycles. The Morgan fingerprint density at radius 1 is 1.04 bits per heavy atom. The number of nitrogens with one attached hydrogen (secondary N) is 1. The Kier molecular flexibility index (Phi) is 10.9. The van der Waals surface area contributed by atoms with E-state index in [2.05, 4.69) is 16.3 Å². The van der Waals surface area contributed by atoms with Crippen molar-refractivity contribution in [3.8, 4) is 5.75 Å². The number of ether oxygens (including phenoxy) is 2. The summed E-state index contributed by atoms with van der Waals surface area (Å²) in [6.45, 7) is 6.98. The minimum atomic E-state index is -0.415. The average molecular weight is 717 g/mol. The molecule has 3 amide bonds. The summed E-state index contributed by atoms with van der Waals surface area (Å²) in [5, 5.41) is 4.29. The monoisotopic (exact) mass is 715 g/mol. The molecule has 1 aromatic heterocycles. The van der Waals surface area contributed by atoms with Gasteiger partial charge in [-0.05, 0) is 73.4 Å². The molecular weight excluding hydrogens is 677 g/mol. The van der Waals surface area contributed by atoms with Crippen LogP contribution in [0.25, 0.3) is 17.0 Å². The maximum Gasteiger partial charge on any atom is 0.246 e. The van der Waals surface area contributed by atoms with Crippen LogP contribution in [0.1, 0.15) is 35.7 Å². The number of fused-ring (bicyclic) bond motifs is 2. The van der Waals surface area contributed by atoms with Gasteiger partial charge in [0, 0.05) is 72.7 Å². The number of nitrogens with zero attached hydrogens (tertiary/aromatic N) is 4. The molecule has 6 rings (SSSR count). The number of aromatic nitrogens is 1. The van der Waals surface area contributed by atoms with Crippen LogP contribution in [-0.4, -0.2) is 69.1 Å². The van der Waals surface area contributed by atoms with E-state index in [9.17, 15) is 14.4 Å². The molecule has 0 bridgehead atoms. The lowest BCUT2D eigenvalue weighted by molar-refractivity contribution is -0.122. The molecule has 1 fully saturated rings. The lowest BCUT2D eigenvalue weighted by Crippen LogP contribution is -2.37. The van der Waals surface area contributed by atoms with Gasteiger partial charge in [0.25, 0.3) is 0 Å². The van der Waals surface area contributed by atoms with Gasteiger partial charge in [-0.1, -0.05) is 41.4 Å². The smallest absolute Gasteiger partial charge is 0.246 e. The predicted octanol–water partition coefficient (Wildman–Crippen LogP) is 6.36. The zero-order chi connectivity index (χ0) is 35.4. The SMILES string of the molecule is CC(=O)N1CCCc2cc(/C=C/C(=O)NCC(=O)N(C)c3ccc(Cl)c(COc4cccc5c(N6CCOCC6)cc(C)nc45)c3Cl)ccc21. The molecule has 0 saturated carbocycles. The van der Waals surface area contributed by atoms with Gasteiger partial charge in [-0.3, -0.25) is 14.4 Å². The summed E-state index contributed by atoms with van der Waals surface area (Å²) in [7, 11) is 1.59. The third kappa shape index (κ3) is 7.72. The van der Waals surface area contributed by atoms with E-state index in [4.69, 9.17) is 37.7 Å². The number of amides is 3. The van der Waals surface area contributed by atoms with Crippen molar-refractivity contribution in [3.05, 3.63) is 93.1 Å². The highest BCUT2D eigenvalue weighted by atomic mass is 35.5. The summed E-state index contributed by atoms with van der Waals surface area (Å²) in [6.07, 6.45) is 4.83. The third-order valence-electron chi connectivity index (χ3n) is 8.98. The summed E-state index contributed by atoms with van der Waals surface area (Å²) in [5.74, 6) is -0.182. The number of aryl methyl sites for hydroxylation is 2. The van der Waals surface area contributed by atoms with E-state index in [0.29, 0.717) is 41.8 Å². The molecule has 4 aromatic rings. The summed E-state index contributed by atoms with van der Waals surface area (Å²) in [4.78, 5) is 48.0. The maximum absolute atomic E-state index is 13.1. The Morgan fingerprint density at radius 2 is 1.84 bits per heavy atom. The van der Waals surface area contributed by atoms with Crippen LogP contribution in [0, 0.1) is 6.92 Å². The number of likely N-dealkylation sites (N-methyl/N-ethyl adjacent to an activating group) is 1. The first-order valence-corrected chi connectivity index (χ1v) is 17.3. The largest absolute Gasteiger partial charge is 0.487 e. The number of morpholine rings is 1. The van der Waals surface area contributed by atoms with Gasteiger partial charge >= 0.3 is 0 Å². The number of carbonyl (C=O) groups excluding carboxylic acids is 3. The molecule has 0 aliphatic carbocycles. The van der Waals surface area contributed by atoms with E-state index >= 15 is 0 Å². The van der Waals surface area contributed by atoms with Gasteiger partial charge in [0.15, 0.2) is 0 Å². The maximum atomic E-state index is 13.1. The van der Waals surface area contributed by atoms with Crippen LogP contribution in [0.2, 0.25) is 10.0 Å². The number of carbonyl (C=O) groups is 3. The van der Waals surface area contributed by atoms with Crippen molar-refractivity contribution in [1.29, 1.82) is 0 Å². The summed E-state index contributed by atoms with van der Waals surface area (Å²) >= 11 is 13.4. The number of anilines is 3. The molecule has 12 heteroatoms. The van der Waals surface area contributed by atoms with E-state index in [-0.39, 0.29) is 30.0 Å². The molecule has 2 aliphatic heterocycles. The average Bonchev–Trinajstić information content (AvgIpc) is 3.12. The van der Waals surface area contributed by atoms with Gasteiger partial charge < -0.3 is 29.5 Å². The second-order valence-corrected chi connectivity index (χ2v) is 13.1. The molecule has 260 valence electrons. The standard InChI is InChI=1S/C38H39Cl2N5O5/c1-24-20-33(44-16-18-49-19-17-44)28-7-4-8-34(38(28)42-24)50-23-29-30(39)11-13-32(37(29)40)43(3)36(48)22-41-35(47)14-10-26-9-12-31-27(21-26)6-5-15-45(31)25(2)46/h4,7-14,20-21H,5-6,15-19,22-23H2,1-3H3,(H,41,47)/b14-10+. The van der Waals surface area contributed by atoms with E-state index in [0.717, 1.165) is 65.0 Å². The second kappa shape index (κ2) is 15.5. The van der Waals surface area contributed by atoms with E-state index in [1.807, 2.05) is 43.3 Å². The number of hydrogen-bond acceptors (Lipinski definition) is 7. The lowest BCUT2D eigenvalue weighted by atomic mass is 9.99. The highest BCUT2D eigenvalue weighted by Crippen LogP contribution is 2.37. The van der Waals surface area contributed by atoms with Crippen molar-refractivity contribution >= 4 is 75.0 Å². The highest BCUT2D eigenvalue weighted by Gasteiger charge is 2.22. The Hall–Kier alpha value is -4.64. The first-order valence-electron chi connectivity index (χ1n) is 16.6. The zero-order valence-corrected chi connectivity index (χ0v) is 29.8. The molecule has 1 N–H and O–H groups in total. The third-order valence-corrected chi connectivity index (χ3v) is 9.75. The van der Waals surface area contributed by atoms with E-state index in [1.165, 1.54) is 11.0 Å². The van der Waals surface area contributed by atoms with Crippen molar-refractivity contribution in [2.24, 2.45) is 0 Å². The Bertz CT molecular complexity index is 1980. The fourth-order valence-corrected chi connectivity index (χ4v) is 6.94. The van der Waals surface area contributed by atoms with Gasteiger partial charge in [-0.15, -0.1) is 0 Å². The van der Waals surface area contributed by atoms with Crippen LogP contribution < -0.4 is 24.8 Å². The molecule has 50 heavy (non-hydrogen) atoms.